The normalized spacial score (nSPS) is 11.5. The highest BCUT2D eigenvalue weighted by Crippen LogP contribution is 2.21. The van der Waals surface area contributed by atoms with E-state index in [9.17, 15) is 0 Å². The molecule has 0 fully saturated rings. The number of hydrogen-bond donors (Lipinski definition) is 0. The molecule has 2 heterocycles. The van der Waals surface area contributed by atoms with Crippen LogP contribution in [0.3, 0.4) is 0 Å². The Labute approximate surface area is 87.7 Å². The maximum absolute atomic E-state index is 6.04. The Bertz CT molecular complexity index is 473. The van der Waals surface area contributed by atoms with Crippen molar-refractivity contribution in [3.63, 3.8) is 0 Å². The van der Waals surface area contributed by atoms with Gasteiger partial charge in [0.2, 0.25) is 0 Å². The summed E-state index contributed by atoms with van der Waals surface area (Å²) in [5, 5.41) is 4.81. The quantitative estimate of drug-likeness (QED) is 0.677. The van der Waals surface area contributed by atoms with Crippen molar-refractivity contribution in [1.29, 1.82) is 0 Å². The summed E-state index contributed by atoms with van der Waals surface area (Å²) in [5.74, 6) is 0.415. The molecule has 0 bridgehead atoms. The lowest BCUT2D eigenvalue weighted by atomic mass is 10.1. The van der Waals surface area contributed by atoms with Gasteiger partial charge in [0.05, 0.1) is 6.20 Å². The van der Waals surface area contributed by atoms with Gasteiger partial charge in [0, 0.05) is 11.3 Å². The first kappa shape index (κ1) is 9.46. The molecule has 2 rings (SSSR count). The molecule has 0 aliphatic carbocycles. The standard InChI is InChI=1S/C10H12ClN3/c1-6(2)8-5-12-14-9(11)4-7(3)13-10(8)14/h4-6H,1-3H3. The molecule has 0 atom stereocenters. The Kier molecular flexibility index (Phi) is 2.19. The summed E-state index contributed by atoms with van der Waals surface area (Å²) in [5.41, 5.74) is 2.92. The van der Waals surface area contributed by atoms with Gasteiger partial charge in [-0.2, -0.15) is 5.10 Å². The second-order valence-corrected chi connectivity index (χ2v) is 4.10. The van der Waals surface area contributed by atoms with Crippen LogP contribution < -0.4 is 0 Å². The number of fused-ring (bicyclic) bond motifs is 1. The van der Waals surface area contributed by atoms with Gasteiger partial charge in [-0.3, -0.25) is 0 Å². The van der Waals surface area contributed by atoms with Crippen LogP contribution >= 0.6 is 11.6 Å². The Balaban J connectivity index is 2.78. The Morgan fingerprint density at radius 3 is 2.79 bits per heavy atom. The van der Waals surface area contributed by atoms with Gasteiger partial charge in [0.25, 0.3) is 0 Å². The summed E-state index contributed by atoms with van der Waals surface area (Å²) in [6.07, 6.45) is 1.83. The Hall–Kier alpha value is -1.09. The molecule has 4 heteroatoms. The average Bonchev–Trinajstić information content (AvgIpc) is 2.47. The highest BCUT2D eigenvalue weighted by atomic mass is 35.5. The first-order chi connectivity index (χ1) is 6.59. The molecule has 0 amide bonds. The van der Waals surface area contributed by atoms with Crippen LogP contribution in [0.1, 0.15) is 31.0 Å². The van der Waals surface area contributed by atoms with Gasteiger partial charge in [-0.05, 0) is 18.9 Å². The van der Waals surface area contributed by atoms with Gasteiger partial charge in [-0.15, -0.1) is 0 Å². The van der Waals surface area contributed by atoms with Gasteiger partial charge in [0.1, 0.15) is 5.15 Å². The molecule has 0 saturated carbocycles. The van der Waals surface area contributed by atoms with E-state index in [1.807, 2.05) is 19.2 Å². The molecule has 0 saturated heterocycles. The second kappa shape index (κ2) is 3.24. The highest BCUT2D eigenvalue weighted by Gasteiger charge is 2.11. The third-order valence-electron chi connectivity index (χ3n) is 2.21. The molecule has 0 spiro atoms. The average molecular weight is 210 g/mol. The Morgan fingerprint density at radius 1 is 1.43 bits per heavy atom. The molecule has 14 heavy (non-hydrogen) atoms. The summed E-state index contributed by atoms with van der Waals surface area (Å²) < 4.78 is 1.67. The summed E-state index contributed by atoms with van der Waals surface area (Å²) in [7, 11) is 0. The van der Waals surface area contributed by atoms with E-state index in [-0.39, 0.29) is 0 Å². The molecular formula is C10H12ClN3. The fourth-order valence-electron chi connectivity index (χ4n) is 1.46. The van der Waals surface area contributed by atoms with Crippen molar-refractivity contribution >= 4 is 17.2 Å². The van der Waals surface area contributed by atoms with Crippen LogP contribution in [0.2, 0.25) is 5.15 Å². The van der Waals surface area contributed by atoms with E-state index < -0.39 is 0 Å². The van der Waals surface area contributed by atoms with Crippen LogP contribution in [0.4, 0.5) is 0 Å². The van der Waals surface area contributed by atoms with Crippen LogP contribution in [0.25, 0.3) is 5.65 Å². The number of aryl methyl sites for hydroxylation is 1. The number of hydrogen-bond acceptors (Lipinski definition) is 2. The van der Waals surface area contributed by atoms with Gasteiger partial charge in [-0.25, -0.2) is 9.50 Å². The van der Waals surface area contributed by atoms with Crippen molar-refractivity contribution in [2.75, 3.05) is 0 Å². The Morgan fingerprint density at radius 2 is 2.14 bits per heavy atom. The first-order valence-corrected chi connectivity index (χ1v) is 4.98. The molecule has 2 aromatic heterocycles. The van der Waals surface area contributed by atoms with Crippen LogP contribution in [0.15, 0.2) is 12.3 Å². The zero-order valence-electron chi connectivity index (χ0n) is 8.45. The lowest BCUT2D eigenvalue weighted by molar-refractivity contribution is 0.870. The monoisotopic (exact) mass is 209 g/mol. The third-order valence-corrected chi connectivity index (χ3v) is 2.47. The topological polar surface area (TPSA) is 30.2 Å². The van der Waals surface area contributed by atoms with E-state index in [0.717, 1.165) is 16.9 Å². The molecule has 0 unspecified atom stereocenters. The van der Waals surface area contributed by atoms with E-state index in [1.54, 1.807) is 4.52 Å². The predicted molar refractivity (Wildman–Crippen MR) is 56.8 cm³/mol. The SMILES string of the molecule is Cc1cc(Cl)n2ncc(C(C)C)c2n1. The fraction of sp³-hybridized carbons (Fsp3) is 0.400. The fourth-order valence-corrected chi connectivity index (χ4v) is 1.74. The minimum absolute atomic E-state index is 0.415. The van der Waals surface area contributed by atoms with Crippen molar-refractivity contribution in [3.05, 3.63) is 28.7 Å². The van der Waals surface area contributed by atoms with Crippen molar-refractivity contribution in [1.82, 2.24) is 14.6 Å². The number of rotatable bonds is 1. The lowest BCUT2D eigenvalue weighted by Crippen LogP contribution is -1.96. The zero-order chi connectivity index (χ0) is 10.3. The minimum Gasteiger partial charge on any atom is -0.233 e. The molecule has 74 valence electrons. The van der Waals surface area contributed by atoms with Crippen molar-refractivity contribution in [2.24, 2.45) is 0 Å². The largest absolute Gasteiger partial charge is 0.233 e. The number of nitrogens with zero attached hydrogens (tertiary/aromatic N) is 3. The molecule has 0 aromatic carbocycles. The zero-order valence-corrected chi connectivity index (χ0v) is 9.21. The highest BCUT2D eigenvalue weighted by molar-refractivity contribution is 6.29. The van der Waals surface area contributed by atoms with Crippen molar-refractivity contribution in [2.45, 2.75) is 26.7 Å². The molecule has 3 nitrogen and oxygen atoms in total. The van der Waals surface area contributed by atoms with Crippen molar-refractivity contribution in [3.8, 4) is 0 Å². The molecule has 0 aliphatic rings. The smallest absolute Gasteiger partial charge is 0.160 e. The number of aromatic nitrogens is 3. The van der Waals surface area contributed by atoms with Gasteiger partial charge < -0.3 is 0 Å². The summed E-state index contributed by atoms with van der Waals surface area (Å²) in [4.78, 5) is 4.43. The van der Waals surface area contributed by atoms with Gasteiger partial charge in [0.15, 0.2) is 5.65 Å². The minimum atomic E-state index is 0.415. The van der Waals surface area contributed by atoms with E-state index in [4.69, 9.17) is 11.6 Å². The van der Waals surface area contributed by atoms with Crippen LogP contribution in [-0.2, 0) is 0 Å². The van der Waals surface area contributed by atoms with Gasteiger partial charge in [-0.1, -0.05) is 25.4 Å². The number of halogens is 1. The summed E-state index contributed by atoms with van der Waals surface area (Å²) in [6, 6.07) is 1.81. The van der Waals surface area contributed by atoms with E-state index in [2.05, 4.69) is 23.9 Å². The van der Waals surface area contributed by atoms with Crippen LogP contribution in [-0.4, -0.2) is 14.6 Å². The molecule has 0 aliphatic heterocycles. The van der Waals surface area contributed by atoms with Crippen LogP contribution in [0.5, 0.6) is 0 Å². The maximum Gasteiger partial charge on any atom is 0.160 e. The first-order valence-electron chi connectivity index (χ1n) is 4.60. The molecule has 0 radical (unpaired) electrons. The predicted octanol–water partition coefficient (Wildman–Crippen LogP) is 2.81. The van der Waals surface area contributed by atoms with E-state index in [0.29, 0.717) is 11.1 Å². The van der Waals surface area contributed by atoms with Crippen LogP contribution in [0, 0.1) is 6.92 Å². The van der Waals surface area contributed by atoms with Crippen molar-refractivity contribution < 1.29 is 0 Å². The summed E-state index contributed by atoms with van der Waals surface area (Å²) in [6.45, 7) is 6.17. The van der Waals surface area contributed by atoms with E-state index >= 15 is 0 Å². The van der Waals surface area contributed by atoms with E-state index in [1.165, 1.54) is 0 Å². The maximum atomic E-state index is 6.04. The molecule has 2 aromatic rings. The molecule has 0 N–H and O–H groups in total. The molecular weight excluding hydrogens is 198 g/mol. The van der Waals surface area contributed by atoms with Gasteiger partial charge >= 0.3 is 0 Å². The second-order valence-electron chi connectivity index (χ2n) is 3.71. The third kappa shape index (κ3) is 1.38. The lowest BCUT2D eigenvalue weighted by Gasteiger charge is -2.03. The summed E-state index contributed by atoms with van der Waals surface area (Å²) >= 11 is 6.04.